The van der Waals surface area contributed by atoms with Gasteiger partial charge in [-0.2, -0.15) is 35.9 Å². The quantitative estimate of drug-likeness (QED) is 0.407. The van der Waals surface area contributed by atoms with Crippen LogP contribution in [0, 0.1) is 12.1 Å². The summed E-state index contributed by atoms with van der Waals surface area (Å²) < 4.78 is 1.51. The second-order valence-corrected chi connectivity index (χ2v) is 8.32. The number of benzene rings is 2. The van der Waals surface area contributed by atoms with E-state index in [1.54, 1.807) is 24.2 Å². The van der Waals surface area contributed by atoms with Crippen molar-refractivity contribution in [3.05, 3.63) is 83.5 Å². The van der Waals surface area contributed by atoms with Crippen LogP contribution in [0.15, 0.2) is 60.2 Å². The molecule has 3 heteroatoms. The predicted octanol–water partition coefficient (Wildman–Crippen LogP) is -0.493. The van der Waals surface area contributed by atoms with E-state index in [-0.39, 0.29) is 24.8 Å². The second kappa shape index (κ2) is 12.6. The summed E-state index contributed by atoms with van der Waals surface area (Å²) in [5.74, 6) is 0. The van der Waals surface area contributed by atoms with Crippen LogP contribution < -0.4 is 24.8 Å². The zero-order valence-corrected chi connectivity index (χ0v) is 18.8. The summed E-state index contributed by atoms with van der Waals surface area (Å²) in [6, 6.07) is 18.1. The van der Waals surface area contributed by atoms with E-state index in [4.69, 9.17) is 0 Å². The Hall–Kier alpha value is -0.747. The molecular weight excluding hydrogens is 426 g/mol. The molecule has 0 bridgehead atoms. The molecule has 0 nitrogen and oxygen atoms in total. The van der Waals surface area contributed by atoms with Gasteiger partial charge < -0.3 is 24.8 Å². The minimum Gasteiger partial charge on any atom is -1.00 e. The fraction of sp³-hybridized carbons (Fsp3) is 0.227. The molecule has 2 aromatic rings. The second-order valence-electron chi connectivity index (χ2n) is 5.86. The van der Waals surface area contributed by atoms with Crippen molar-refractivity contribution >= 4 is 3.21 Å². The molecule has 130 valence electrons. The van der Waals surface area contributed by atoms with E-state index >= 15 is 0 Å². The van der Waals surface area contributed by atoms with Crippen LogP contribution >= 0.6 is 0 Å². The molecule has 0 heterocycles. The summed E-state index contributed by atoms with van der Waals surface area (Å²) in [5.41, 5.74) is 6.78. The number of halogens is 2. The first kappa shape index (κ1) is 24.3. The maximum Gasteiger partial charge on any atom is -0.0253 e. The third-order valence-corrected chi connectivity index (χ3v) is 3.48. The Bertz CT molecular complexity index is 695. The van der Waals surface area contributed by atoms with Gasteiger partial charge in [0.25, 0.3) is 0 Å². The molecule has 2 aliphatic carbocycles. The van der Waals surface area contributed by atoms with E-state index in [0.29, 0.717) is 0 Å². The van der Waals surface area contributed by atoms with Gasteiger partial charge in [-0.05, 0) is 6.42 Å². The van der Waals surface area contributed by atoms with Gasteiger partial charge >= 0.3 is 41.3 Å². The van der Waals surface area contributed by atoms with Crippen LogP contribution in [0.3, 0.4) is 0 Å². The number of fused-ring (bicyclic) bond motifs is 3. The molecular formula is C22H22Cl2Zr-2. The number of hydrogen-bond donors (Lipinski definition) is 0. The van der Waals surface area contributed by atoms with E-state index in [0.717, 1.165) is 12.8 Å². The Balaban J connectivity index is 0.000000410. The van der Waals surface area contributed by atoms with E-state index < -0.39 is 0 Å². The van der Waals surface area contributed by atoms with Crippen LogP contribution in [0.25, 0.3) is 11.1 Å². The van der Waals surface area contributed by atoms with Crippen molar-refractivity contribution in [3.63, 3.8) is 0 Å². The fourth-order valence-corrected chi connectivity index (χ4v) is 2.51. The van der Waals surface area contributed by atoms with Crippen molar-refractivity contribution in [1.82, 2.24) is 0 Å². The predicted molar refractivity (Wildman–Crippen MR) is 96.1 cm³/mol. The largest absolute Gasteiger partial charge is 1.00 e. The monoisotopic (exact) mass is 446 g/mol. The molecule has 0 unspecified atom stereocenters. The van der Waals surface area contributed by atoms with Crippen molar-refractivity contribution in [2.45, 2.75) is 33.6 Å². The first-order valence-corrected chi connectivity index (χ1v) is 9.14. The van der Waals surface area contributed by atoms with E-state index in [9.17, 15) is 0 Å². The number of rotatable bonds is 0. The molecule has 0 aromatic heterocycles. The molecule has 25 heavy (non-hydrogen) atoms. The van der Waals surface area contributed by atoms with Crippen LogP contribution in [0.4, 0.5) is 0 Å². The Labute approximate surface area is 179 Å². The Morgan fingerprint density at radius 1 is 1.00 bits per heavy atom. The summed E-state index contributed by atoms with van der Waals surface area (Å²) in [6.07, 6.45) is 9.38. The fourth-order valence-electron chi connectivity index (χ4n) is 2.51. The first-order chi connectivity index (χ1) is 11.1. The molecule has 0 fully saturated rings. The summed E-state index contributed by atoms with van der Waals surface area (Å²) in [7, 11) is 0. The van der Waals surface area contributed by atoms with Crippen LogP contribution in [0.1, 0.15) is 38.3 Å². The molecule has 0 saturated carbocycles. The van der Waals surface area contributed by atoms with Crippen LogP contribution in [0.2, 0.25) is 0 Å². The average Bonchev–Trinajstić information content (AvgIpc) is 3.13. The Morgan fingerprint density at radius 3 is 2.20 bits per heavy atom. The molecule has 0 spiro atoms. The van der Waals surface area contributed by atoms with Crippen molar-refractivity contribution in [1.29, 1.82) is 0 Å². The van der Waals surface area contributed by atoms with Gasteiger partial charge in [-0.15, -0.1) is 12.0 Å². The molecule has 4 rings (SSSR count). The van der Waals surface area contributed by atoms with Crippen molar-refractivity contribution in [3.8, 4) is 11.1 Å². The van der Waals surface area contributed by atoms with E-state index in [2.05, 4.69) is 81.5 Å². The van der Waals surface area contributed by atoms with Gasteiger partial charge in [-0.25, -0.2) is 11.6 Å². The zero-order chi connectivity index (χ0) is 16.7. The van der Waals surface area contributed by atoms with Crippen molar-refractivity contribution in [2.75, 3.05) is 0 Å². The normalized spacial score (nSPS) is 12.0. The SMILES string of the molecule is CC1=[C-]CC=C1.C[C](C)=[Zr+2].[Cl-].[Cl-].[c-]1cccc2c1Cc1ccccc1-2. The maximum atomic E-state index is 3.30. The topological polar surface area (TPSA) is 0 Å². The minimum absolute atomic E-state index is 0. The molecule has 0 atom stereocenters. The summed E-state index contributed by atoms with van der Waals surface area (Å²) in [5, 5.41) is 0. The average molecular weight is 449 g/mol. The van der Waals surface area contributed by atoms with Crippen molar-refractivity contribution in [2.24, 2.45) is 0 Å². The molecule has 0 aliphatic heterocycles. The molecule has 0 amide bonds. The molecule has 2 aromatic carbocycles. The van der Waals surface area contributed by atoms with Crippen LogP contribution in [0.5, 0.6) is 0 Å². The maximum absolute atomic E-state index is 3.30. The Kier molecular flexibility index (Phi) is 12.2. The smallest absolute Gasteiger partial charge is 0.0253 e. The standard InChI is InChI=1S/C13H9.C6H7.C3H6.2ClH.Zr/c1-3-7-12-10(5-1)9-11-6-2-4-8-13(11)12;1-6-4-2-3-5-6;1-3-2;;;/h1-5,7-8H,9H2;2,4H,3H2,1H3;1-2H3;2*1H;/q2*-1;;;;+2/p-2. The van der Waals surface area contributed by atoms with Gasteiger partial charge in [0.05, 0.1) is 0 Å². The van der Waals surface area contributed by atoms with Gasteiger partial charge in [0.1, 0.15) is 0 Å². The number of hydrogen-bond acceptors (Lipinski definition) is 0. The third-order valence-electron chi connectivity index (χ3n) is 3.48. The number of allylic oxidation sites excluding steroid dienone is 4. The summed E-state index contributed by atoms with van der Waals surface area (Å²) >= 11 is 1.55. The summed E-state index contributed by atoms with van der Waals surface area (Å²) in [6.45, 7) is 6.31. The van der Waals surface area contributed by atoms with Gasteiger partial charge in [-0.1, -0.05) is 42.3 Å². The van der Waals surface area contributed by atoms with E-state index in [1.165, 1.54) is 31.0 Å². The molecule has 2 aliphatic rings. The molecule has 0 N–H and O–H groups in total. The molecule has 0 radical (unpaired) electrons. The minimum atomic E-state index is 0. The third kappa shape index (κ3) is 7.99. The van der Waals surface area contributed by atoms with Crippen LogP contribution in [-0.4, -0.2) is 3.21 Å². The van der Waals surface area contributed by atoms with Gasteiger partial charge in [0.15, 0.2) is 0 Å². The first-order valence-electron chi connectivity index (χ1n) is 7.91. The zero-order valence-electron chi connectivity index (χ0n) is 14.9. The Morgan fingerprint density at radius 2 is 1.64 bits per heavy atom. The van der Waals surface area contributed by atoms with Crippen LogP contribution in [-0.2, 0) is 30.7 Å². The van der Waals surface area contributed by atoms with E-state index in [1.807, 2.05) is 6.07 Å². The van der Waals surface area contributed by atoms with Gasteiger partial charge in [-0.3, -0.25) is 6.08 Å². The van der Waals surface area contributed by atoms with Gasteiger partial charge in [0, 0.05) is 0 Å². The van der Waals surface area contributed by atoms with Crippen molar-refractivity contribution < 1.29 is 49.0 Å². The van der Waals surface area contributed by atoms with Gasteiger partial charge in [0.2, 0.25) is 0 Å². The molecule has 0 saturated heterocycles. The summed E-state index contributed by atoms with van der Waals surface area (Å²) in [4.78, 5) is 0.